The molecule has 1 amide bonds. The number of hydrogen-bond acceptors (Lipinski definition) is 6. The molecule has 1 aromatic carbocycles. The minimum Gasteiger partial charge on any atom is -0.491 e. The maximum absolute atomic E-state index is 12.0. The van der Waals surface area contributed by atoms with E-state index in [1.165, 1.54) is 13.2 Å². The molecule has 1 saturated heterocycles. The Balaban J connectivity index is 1.88. The summed E-state index contributed by atoms with van der Waals surface area (Å²) in [5.74, 6) is -0.0714. The summed E-state index contributed by atoms with van der Waals surface area (Å²) in [6.45, 7) is 2.56. The summed E-state index contributed by atoms with van der Waals surface area (Å²) in [4.78, 5) is 25.2. The number of esters is 1. The van der Waals surface area contributed by atoms with Crippen LogP contribution in [0.1, 0.15) is 16.8 Å². The van der Waals surface area contributed by atoms with Crippen LogP contribution >= 0.6 is 0 Å². The topological polar surface area (TPSA) is 91.1 Å². The minimum absolute atomic E-state index is 0.0194. The Bertz CT molecular complexity index is 541. The zero-order valence-corrected chi connectivity index (χ0v) is 12.5. The largest absolute Gasteiger partial charge is 0.491 e. The minimum atomic E-state index is -0.464. The zero-order valence-electron chi connectivity index (χ0n) is 12.5. The number of carbonyl (C=O) groups is 2. The number of rotatable bonds is 5. The number of amides is 1. The molecule has 22 heavy (non-hydrogen) atoms. The first-order valence-corrected chi connectivity index (χ1v) is 7.08. The number of nitrogen functional groups attached to an aromatic ring is 1. The Labute approximate surface area is 128 Å². The van der Waals surface area contributed by atoms with Gasteiger partial charge in [-0.3, -0.25) is 4.79 Å². The van der Waals surface area contributed by atoms with Crippen LogP contribution in [0.4, 0.5) is 5.69 Å². The van der Waals surface area contributed by atoms with Crippen LogP contribution in [-0.2, 0) is 14.3 Å². The maximum Gasteiger partial charge on any atom is 0.337 e. The highest BCUT2D eigenvalue weighted by molar-refractivity contribution is 5.90. The fourth-order valence-electron chi connectivity index (χ4n) is 2.12. The normalized spacial score (nSPS) is 14.5. The van der Waals surface area contributed by atoms with Gasteiger partial charge in [0.1, 0.15) is 5.75 Å². The third-order valence-electron chi connectivity index (χ3n) is 3.37. The van der Waals surface area contributed by atoms with E-state index in [1.54, 1.807) is 17.0 Å². The van der Waals surface area contributed by atoms with Crippen molar-refractivity contribution >= 4 is 17.6 Å². The molecule has 0 aliphatic carbocycles. The SMILES string of the molecule is COC(=O)c1ccc(N)c(OCCC(=O)N2CCOCC2)c1. The number of benzene rings is 1. The molecule has 1 aliphatic rings. The number of anilines is 1. The van der Waals surface area contributed by atoms with E-state index in [4.69, 9.17) is 15.2 Å². The van der Waals surface area contributed by atoms with Crippen molar-refractivity contribution in [1.29, 1.82) is 0 Å². The molecule has 0 unspecified atom stereocenters. The average Bonchev–Trinajstić information content (AvgIpc) is 2.56. The molecule has 0 spiro atoms. The monoisotopic (exact) mass is 308 g/mol. The van der Waals surface area contributed by atoms with Crippen LogP contribution < -0.4 is 10.5 Å². The number of ether oxygens (including phenoxy) is 3. The number of methoxy groups -OCH3 is 1. The van der Waals surface area contributed by atoms with E-state index in [9.17, 15) is 9.59 Å². The Morgan fingerprint density at radius 1 is 1.32 bits per heavy atom. The molecular formula is C15H20N2O5. The smallest absolute Gasteiger partial charge is 0.337 e. The number of nitrogens with two attached hydrogens (primary N) is 1. The molecule has 1 aliphatic heterocycles. The van der Waals surface area contributed by atoms with Gasteiger partial charge in [0.25, 0.3) is 0 Å². The molecule has 0 aromatic heterocycles. The third kappa shape index (κ3) is 4.11. The van der Waals surface area contributed by atoms with Gasteiger partial charge in [-0.2, -0.15) is 0 Å². The lowest BCUT2D eigenvalue weighted by Gasteiger charge is -2.26. The second-order valence-corrected chi connectivity index (χ2v) is 4.84. The standard InChI is InChI=1S/C15H20N2O5/c1-20-15(19)11-2-3-12(16)13(10-11)22-7-4-14(18)17-5-8-21-9-6-17/h2-3,10H,4-9,16H2,1H3. The third-order valence-corrected chi connectivity index (χ3v) is 3.37. The predicted molar refractivity (Wildman–Crippen MR) is 79.7 cm³/mol. The Hall–Kier alpha value is -2.28. The van der Waals surface area contributed by atoms with Gasteiger partial charge >= 0.3 is 5.97 Å². The van der Waals surface area contributed by atoms with Gasteiger partial charge in [-0.25, -0.2) is 4.79 Å². The molecule has 0 atom stereocenters. The van der Waals surface area contributed by atoms with Crippen LogP contribution in [-0.4, -0.2) is 56.8 Å². The number of nitrogens with zero attached hydrogens (tertiary/aromatic N) is 1. The average molecular weight is 308 g/mol. The van der Waals surface area contributed by atoms with Crippen LogP contribution in [0, 0.1) is 0 Å². The molecule has 0 saturated carbocycles. The quantitative estimate of drug-likeness (QED) is 0.635. The predicted octanol–water partition coefficient (Wildman–Crippen LogP) is 0.683. The van der Waals surface area contributed by atoms with Gasteiger partial charge in [0.05, 0.1) is 44.6 Å². The molecule has 2 rings (SSSR count). The molecule has 2 N–H and O–H groups in total. The molecule has 7 heteroatoms. The highest BCUT2D eigenvalue weighted by Crippen LogP contribution is 2.23. The van der Waals surface area contributed by atoms with E-state index in [0.717, 1.165) is 0 Å². The van der Waals surface area contributed by atoms with Gasteiger partial charge in [0.2, 0.25) is 5.91 Å². The number of morpholine rings is 1. The van der Waals surface area contributed by atoms with Gasteiger partial charge in [-0.15, -0.1) is 0 Å². The highest BCUT2D eigenvalue weighted by atomic mass is 16.5. The fraction of sp³-hybridized carbons (Fsp3) is 0.467. The van der Waals surface area contributed by atoms with E-state index in [0.29, 0.717) is 43.3 Å². The van der Waals surface area contributed by atoms with Gasteiger partial charge in [-0.05, 0) is 18.2 Å². The van der Waals surface area contributed by atoms with Crippen LogP contribution in [0.5, 0.6) is 5.75 Å². The summed E-state index contributed by atoms with van der Waals surface area (Å²) < 4.78 is 15.4. The van der Waals surface area contributed by atoms with E-state index in [-0.39, 0.29) is 18.9 Å². The van der Waals surface area contributed by atoms with Crippen molar-refractivity contribution in [1.82, 2.24) is 4.90 Å². The molecule has 1 heterocycles. The summed E-state index contributed by atoms with van der Waals surface area (Å²) in [6.07, 6.45) is 0.252. The van der Waals surface area contributed by atoms with Gasteiger partial charge in [0, 0.05) is 13.1 Å². The van der Waals surface area contributed by atoms with Crippen molar-refractivity contribution in [3.8, 4) is 5.75 Å². The van der Waals surface area contributed by atoms with E-state index >= 15 is 0 Å². The lowest BCUT2D eigenvalue weighted by molar-refractivity contribution is -0.135. The summed E-state index contributed by atoms with van der Waals surface area (Å²) >= 11 is 0. The lowest BCUT2D eigenvalue weighted by Crippen LogP contribution is -2.41. The van der Waals surface area contributed by atoms with E-state index in [1.807, 2.05) is 0 Å². The van der Waals surface area contributed by atoms with Crippen molar-refractivity contribution in [2.24, 2.45) is 0 Å². The van der Waals surface area contributed by atoms with E-state index < -0.39 is 5.97 Å². The number of hydrogen-bond donors (Lipinski definition) is 1. The zero-order chi connectivity index (χ0) is 15.9. The first-order chi connectivity index (χ1) is 10.6. The summed E-state index contributed by atoms with van der Waals surface area (Å²) in [5.41, 5.74) is 6.56. The second-order valence-electron chi connectivity index (χ2n) is 4.84. The van der Waals surface area contributed by atoms with Gasteiger partial charge < -0.3 is 24.8 Å². The molecule has 7 nitrogen and oxygen atoms in total. The first kappa shape index (κ1) is 16.1. The molecule has 0 radical (unpaired) electrons. The Kier molecular flexibility index (Phi) is 5.60. The Morgan fingerprint density at radius 2 is 2.05 bits per heavy atom. The highest BCUT2D eigenvalue weighted by Gasteiger charge is 2.17. The molecule has 1 aromatic rings. The second kappa shape index (κ2) is 7.65. The van der Waals surface area contributed by atoms with Crippen molar-refractivity contribution < 1.29 is 23.8 Å². The lowest BCUT2D eigenvalue weighted by atomic mass is 10.2. The molecular weight excluding hydrogens is 288 g/mol. The summed E-state index contributed by atoms with van der Waals surface area (Å²) in [5, 5.41) is 0. The van der Waals surface area contributed by atoms with Crippen molar-refractivity contribution in [3.63, 3.8) is 0 Å². The molecule has 120 valence electrons. The van der Waals surface area contributed by atoms with Gasteiger partial charge in [-0.1, -0.05) is 0 Å². The summed E-state index contributed by atoms with van der Waals surface area (Å²) in [6, 6.07) is 4.65. The van der Waals surface area contributed by atoms with Crippen LogP contribution in [0.15, 0.2) is 18.2 Å². The maximum atomic E-state index is 12.0. The summed E-state index contributed by atoms with van der Waals surface area (Å²) in [7, 11) is 1.31. The van der Waals surface area contributed by atoms with Crippen molar-refractivity contribution in [2.45, 2.75) is 6.42 Å². The van der Waals surface area contributed by atoms with Gasteiger partial charge in [0.15, 0.2) is 0 Å². The Morgan fingerprint density at radius 3 is 2.73 bits per heavy atom. The van der Waals surface area contributed by atoms with E-state index in [2.05, 4.69) is 4.74 Å². The first-order valence-electron chi connectivity index (χ1n) is 7.08. The molecule has 1 fully saturated rings. The number of carbonyl (C=O) groups excluding carboxylic acids is 2. The van der Waals surface area contributed by atoms with Crippen LogP contribution in [0.25, 0.3) is 0 Å². The van der Waals surface area contributed by atoms with Crippen molar-refractivity contribution in [2.75, 3.05) is 45.8 Å². The fourth-order valence-corrected chi connectivity index (χ4v) is 2.12. The van der Waals surface area contributed by atoms with Crippen molar-refractivity contribution in [3.05, 3.63) is 23.8 Å². The van der Waals surface area contributed by atoms with Crippen LogP contribution in [0.3, 0.4) is 0 Å². The van der Waals surface area contributed by atoms with Crippen LogP contribution in [0.2, 0.25) is 0 Å². The molecule has 0 bridgehead atoms.